The zero-order chi connectivity index (χ0) is 11.6. The summed E-state index contributed by atoms with van der Waals surface area (Å²) in [5, 5.41) is 7.94. The molecule has 1 aromatic rings. The predicted molar refractivity (Wildman–Crippen MR) is 57.8 cm³/mol. The standard InChI is InChI=1S/C11H17N3O2/c1-3-16-10(15)11(6-4-5-7-11)9-13-12-8-14(9)2/h8H,3-7H2,1-2H3. The largest absolute Gasteiger partial charge is 0.465 e. The smallest absolute Gasteiger partial charge is 0.319 e. The molecule has 0 saturated heterocycles. The van der Waals surface area contributed by atoms with Crippen LogP contribution in [0.1, 0.15) is 38.4 Å². The van der Waals surface area contributed by atoms with Crippen molar-refractivity contribution in [3.8, 4) is 0 Å². The number of ether oxygens (including phenoxy) is 1. The molecule has 2 rings (SSSR count). The summed E-state index contributed by atoms with van der Waals surface area (Å²) in [6, 6.07) is 0. The summed E-state index contributed by atoms with van der Waals surface area (Å²) in [6.07, 6.45) is 5.36. The van der Waals surface area contributed by atoms with Crippen molar-refractivity contribution in [2.24, 2.45) is 7.05 Å². The topological polar surface area (TPSA) is 57.0 Å². The zero-order valence-electron chi connectivity index (χ0n) is 9.77. The highest BCUT2D eigenvalue weighted by Gasteiger charge is 2.47. The number of aromatic nitrogens is 3. The van der Waals surface area contributed by atoms with E-state index in [4.69, 9.17) is 4.74 Å². The number of aryl methyl sites for hydroxylation is 1. The van der Waals surface area contributed by atoms with Crippen LogP contribution in [0.4, 0.5) is 0 Å². The molecule has 5 nitrogen and oxygen atoms in total. The molecule has 0 aromatic carbocycles. The molecule has 0 N–H and O–H groups in total. The van der Waals surface area contributed by atoms with Gasteiger partial charge >= 0.3 is 5.97 Å². The normalized spacial score (nSPS) is 18.6. The highest BCUT2D eigenvalue weighted by Crippen LogP contribution is 2.40. The van der Waals surface area contributed by atoms with Gasteiger partial charge in [-0.2, -0.15) is 0 Å². The summed E-state index contributed by atoms with van der Waals surface area (Å²) in [5.74, 6) is 0.590. The van der Waals surface area contributed by atoms with Gasteiger partial charge in [-0.05, 0) is 19.8 Å². The van der Waals surface area contributed by atoms with Crippen LogP contribution in [0.15, 0.2) is 6.33 Å². The van der Waals surface area contributed by atoms with Gasteiger partial charge in [-0.3, -0.25) is 4.79 Å². The van der Waals surface area contributed by atoms with E-state index in [0.29, 0.717) is 6.61 Å². The van der Waals surface area contributed by atoms with Gasteiger partial charge in [0.05, 0.1) is 6.61 Å². The van der Waals surface area contributed by atoms with Crippen molar-refractivity contribution in [3.05, 3.63) is 12.2 Å². The number of hydrogen-bond donors (Lipinski definition) is 0. The summed E-state index contributed by atoms with van der Waals surface area (Å²) in [4.78, 5) is 12.1. The van der Waals surface area contributed by atoms with Crippen molar-refractivity contribution in [3.63, 3.8) is 0 Å². The highest BCUT2D eigenvalue weighted by molar-refractivity contribution is 5.82. The molecule has 1 aliphatic rings. The summed E-state index contributed by atoms with van der Waals surface area (Å²) < 4.78 is 7.01. The number of esters is 1. The Balaban J connectivity index is 2.36. The molecule has 16 heavy (non-hydrogen) atoms. The van der Waals surface area contributed by atoms with Crippen LogP contribution in [0.5, 0.6) is 0 Å². The lowest BCUT2D eigenvalue weighted by Gasteiger charge is -2.24. The first-order chi connectivity index (χ1) is 7.70. The molecular weight excluding hydrogens is 206 g/mol. The maximum Gasteiger partial charge on any atom is 0.319 e. The number of rotatable bonds is 3. The summed E-state index contributed by atoms with van der Waals surface area (Å²) >= 11 is 0. The average Bonchev–Trinajstić information content (AvgIpc) is 2.87. The molecule has 0 unspecified atom stereocenters. The van der Waals surface area contributed by atoms with Crippen molar-refractivity contribution in [1.82, 2.24) is 14.8 Å². The lowest BCUT2D eigenvalue weighted by molar-refractivity contribution is -0.150. The van der Waals surface area contributed by atoms with Crippen molar-refractivity contribution in [2.45, 2.75) is 38.0 Å². The third kappa shape index (κ3) is 1.60. The van der Waals surface area contributed by atoms with E-state index in [1.807, 2.05) is 18.5 Å². The monoisotopic (exact) mass is 223 g/mol. The Bertz CT molecular complexity index is 380. The molecule has 0 radical (unpaired) electrons. The van der Waals surface area contributed by atoms with Gasteiger partial charge in [0.2, 0.25) is 0 Å². The second-order valence-electron chi connectivity index (χ2n) is 4.28. The van der Waals surface area contributed by atoms with Crippen LogP contribution >= 0.6 is 0 Å². The Labute approximate surface area is 94.8 Å². The van der Waals surface area contributed by atoms with E-state index in [1.165, 1.54) is 0 Å². The summed E-state index contributed by atoms with van der Waals surface area (Å²) in [5.41, 5.74) is -0.554. The van der Waals surface area contributed by atoms with Gasteiger partial charge < -0.3 is 9.30 Å². The summed E-state index contributed by atoms with van der Waals surface area (Å²) in [7, 11) is 1.87. The zero-order valence-corrected chi connectivity index (χ0v) is 9.77. The Morgan fingerprint density at radius 2 is 2.25 bits per heavy atom. The molecular formula is C11H17N3O2. The average molecular weight is 223 g/mol. The van der Waals surface area contributed by atoms with Crippen LogP contribution < -0.4 is 0 Å². The quantitative estimate of drug-likeness (QED) is 0.722. The van der Waals surface area contributed by atoms with Crippen LogP contribution in [0.2, 0.25) is 0 Å². The molecule has 5 heteroatoms. The van der Waals surface area contributed by atoms with Crippen LogP contribution in [-0.4, -0.2) is 27.3 Å². The fraction of sp³-hybridized carbons (Fsp3) is 0.727. The van der Waals surface area contributed by atoms with Gasteiger partial charge in [-0.15, -0.1) is 10.2 Å². The fourth-order valence-electron chi connectivity index (χ4n) is 2.48. The fourth-order valence-corrected chi connectivity index (χ4v) is 2.48. The third-order valence-electron chi connectivity index (χ3n) is 3.26. The van der Waals surface area contributed by atoms with E-state index < -0.39 is 5.41 Å². The van der Waals surface area contributed by atoms with Gasteiger partial charge in [0.25, 0.3) is 0 Å². The molecule has 0 bridgehead atoms. The van der Waals surface area contributed by atoms with Gasteiger partial charge in [0.15, 0.2) is 0 Å². The van der Waals surface area contributed by atoms with Crippen LogP contribution in [0.3, 0.4) is 0 Å². The molecule has 0 aliphatic heterocycles. The van der Waals surface area contributed by atoms with Crippen molar-refractivity contribution in [1.29, 1.82) is 0 Å². The highest BCUT2D eigenvalue weighted by atomic mass is 16.5. The van der Waals surface area contributed by atoms with Gasteiger partial charge in [-0.1, -0.05) is 12.8 Å². The SMILES string of the molecule is CCOC(=O)C1(c2nncn2C)CCCC1. The van der Waals surface area contributed by atoms with Crippen LogP contribution in [-0.2, 0) is 22.0 Å². The van der Waals surface area contributed by atoms with E-state index in [0.717, 1.165) is 31.5 Å². The second kappa shape index (κ2) is 4.23. The molecule has 1 saturated carbocycles. The molecule has 1 aliphatic carbocycles. The number of carbonyl (C=O) groups is 1. The Morgan fingerprint density at radius 1 is 1.56 bits per heavy atom. The molecule has 0 amide bonds. The third-order valence-corrected chi connectivity index (χ3v) is 3.26. The minimum Gasteiger partial charge on any atom is -0.465 e. The lowest BCUT2D eigenvalue weighted by Crippen LogP contribution is -2.37. The van der Waals surface area contributed by atoms with Crippen LogP contribution in [0.25, 0.3) is 0 Å². The Hall–Kier alpha value is -1.39. The maximum absolute atomic E-state index is 12.1. The molecule has 1 fully saturated rings. The molecule has 1 heterocycles. The van der Waals surface area contributed by atoms with E-state index in [-0.39, 0.29) is 5.97 Å². The number of nitrogens with zero attached hydrogens (tertiary/aromatic N) is 3. The number of hydrogen-bond acceptors (Lipinski definition) is 4. The van der Waals surface area contributed by atoms with Crippen molar-refractivity contribution < 1.29 is 9.53 Å². The van der Waals surface area contributed by atoms with Crippen LogP contribution in [0, 0.1) is 0 Å². The number of carbonyl (C=O) groups excluding carboxylic acids is 1. The Kier molecular flexibility index (Phi) is 2.94. The molecule has 0 spiro atoms. The minimum atomic E-state index is -0.554. The lowest BCUT2D eigenvalue weighted by atomic mass is 9.85. The van der Waals surface area contributed by atoms with Crippen molar-refractivity contribution >= 4 is 5.97 Å². The maximum atomic E-state index is 12.1. The first kappa shape index (κ1) is 11.1. The molecule has 88 valence electrons. The van der Waals surface area contributed by atoms with E-state index >= 15 is 0 Å². The minimum absolute atomic E-state index is 0.149. The van der Waals surface area contributed by atoms with E-state index in [2.05, 4.69) is 10.2 Å². The second-order valence-corrected chi connectivity index (χ2v) is 4.28. The van der Waals surface area contributed by atoms with E-state index in [9.17, 15) is 4.79 Å². The van der Waals surface area contributed by atoms with Gasteiger partial charge in [0.1, 0.15) is 17.6 Å². The van der Waals surface area contributed by atoms with Crippen molar-refractivity contribution in [2.75, 3.05) is 6.61 Å². The molecule has 1 aromatic heterocycles. The van der Waals surface area contributed by atoms with E-state index in [1.54, 1.807) is 6.33 Å². The first-order valence-corrected chi connectivity index (χ1v) is 5.72. The van der Waals surface area contributed by atoms with Gasteiger partial charge in [-0.25, -0.2) is 0 Å². The molecule has 0 atom stereocenters. The first-order valence-electron chi connectivity index (χ1n) is 5.72. The predicted octanol–water partition coefficient (Wildman–Crippen LogP) is 1.19. The summed E-state index contributed by atoms with van der Waals surface area (Å²) in [6.45, 7) is 2.25. The Morgan fingerprint density at radius 3 is 2.75 bits per heavy atom. The van der Waals surface area contributed by atoms with Gasteiger partial charge in [0, 0.05) is 7.05 Å².